The normalized spacial score (nSPS) is 10.9. The maximum absolute atomic E-state index is 12.3. The van der Waals surface area contributed by atoms with E-state index >= 15 is 0 Å². The summed E-state index contributed by atoms with van der Waals surface area (Å²) in [5, 5.41) is 0.523. The van der Waals surface area contributed by atoms with Gasteiger partial charge in [0.2, 0.25) is 0 Å². The zero-order valence-electron chi connectivity index (χ0n) is 15.5. The maximum atomic E-state index is 12.3. The number of ketones is 1. The molecule has 0 radical (unpaired) electrons. The zero-order valence-corrected chi connectivity index (χ0v) is 19.4. The molecule has 0 fully saturated rings. The molecule has 3 rings (SSSR count). The van der Waals surface area contributed by atoms with Crippen LogP contribution in [0.25, 0.3) is 6.08 Å². The summed E-state index contributed by atoms with van der Waals surface area (Å²) in [4.78, 5) is 12.3. The molecule has 0 heterocycles. The third-order valence-electron chi connectivity index (χ3n) is 4.14. The van der Waals surface area contributed by atoms with Gasteiger partial charge < -0.3 is 9.47 Å². The molecule has 29 heavy (non-hydrogen) atoms. The second kappa shape index (κ2) is 10.1. The number of halogens is 3. The molecule has 0 amide bonds. The lowest BCUT2D eigenvalue weighted by Gasteiger charge is -2.12. The molecular weight excluding hydrogens is 520 g/mol. The van der Waals surface area contributed by atoms with Gasteiger partial charge in [-0.05, 0) is 66.2 Å². The predicted molar refractivity (Wildman–Crippen MR) is 124 cm³/mol. The molecule has 0 spiro atoms. The summed E-state index contributed by atoms with van der Waals surface area (Å²) in [6.45, 7) is 0.285. The quantitative estimate of drug-likeness (QED) is 0.234. The van der Waals surface area contributed by atoms with Gasteiger partial charge in [0.15, 0.2) is 5.78 Å². The summed E-state index contributed by atoms with van der Waals surface area (Å²) in [7, 11) is 1.61. The van der Waals surface area contributed by atoms with E-state index in [1.807, 2.05) is 36.4 Å². The number of carbonyl (C=O) groups excluding carboxylic acids is 1. The van der Waals surface area contributed by atoms with Crippen molar-refractivity contribution in [1.29, 1.82) is 0 Å². The van der Waals surface area contributed by atoms with E-state index < -0.39 is 0 Å². The van der Waals surface area contributed by atoms with E-state index in [1.54, 1.807) is 43.5 Å². The van der Waals surface area contributed by atoms with Crippen LogP contribution in [0.4, 0.5) is 0 Å². The molecule has 3 aromatic carbocycles. The van der Waals surface area contributed by atoms with E-state index in [-0.39, 0.29) is 12.4 Å². The summed E-state index contributed by atoms with van der Waals surface area (Å²) < 4.78 is 13.1. The van der Waals surface area contributed by atoms with E-state index in [0.29, 0.717) is 22.1 Å². The molecule has 0 aliphatic carbocycles. The highest BCUT2D eigenvalue weighted by Gasteiger charge is 2.08. The van der Waals surface area contributed by atoms with Gasteiger partial charge >= 0.3 is 0 Å². The Kier molecular flexibility index (Phi) is 7.53. The second-order valence-electron chi connectivity index (χ2n) is 6.14. The predicted octanol–water partition coefficient (Wildman–Crippen LogP) is 7.35. The molecule has 0 saturated heterocycles. The molecule has 0 aliphatic rings. The Morgan fingerprint density at radius 1 is 0.966 bits per heavy atom. The molecular formula is C23H17Br2ClO3. The summed E-state index contributed by atoms with van der Waals surface area (Å²) in [5.74, 6) is 1.23. The first-order valence-corrected chi connectivity index (χ1v) is 10.7. The highest BCUT2D eigenvalue weighted by atomic mass is 79.9. The molecule has 0 unspecified atom stereocenters. The van der Waals surface area contributed by atoms with Crippen LogP contribution in [-0.2, 0) is 6.61 Å². The van der Waals surface area contributed by atoms with E-state index in [0.717, 1.165) is 20.1 Å². The third kappa shape index (κ3) is 5.95. The number of rotatable bonds is 7. The number of allylic oxidation sites excluding steroid dienone is 1. The topological polar surface area (TPSA) is 35.5 Å². The molecule has 3 aromatic rings. The van der Waals surface area contributed by atoms with Crippen LogP contribution in [0, 0.1) is 0 Å². The average molecular weight is 537 g/mol. The number of hydrogen-bond donors (Lipinski definition) is 0. The minimum absolute atomic E-state index is 0.0623. The summed E-state index contributed by atoms with van der Waals surface area (Å²) in [6, 6.07) is 18.4. The maximum Gasteiger partial charge on any atom is 0.185 e. The smallest absolute Gasteiger partial charge is 0.185 e. The van der Waals surface area contributed by atoms with Crippen molar-refractivity contribution < 1.29 is 14.3 Å². The highest BCUT2D eigenvalue weighted by Crippen LogP contribution is 2.30. The Morgan fingerprint density at radius 3 is 2.34 bits per heavy atom. The molecule has 0 saturated carbocycles. The molecule has 0 atom stereocenters. The lowest BCUT2D eigenvalue weighted by atomic mass is 10.1. The van der Waals surface area contributed by atoms with Gasteiger partial charge in [0.1, 0.15) is 18.1 Å². The number of hydrogen-bond acceptors (Lipinski definition) is 3. The van der Waals surface area contributed by atoms with Gasteiger partial charge in [0, 0.05) is 20.1 Å². The van der Waals surface area contributed by atoms with E-state index in [4.69, 9.17) is 21.1 Å². The van der Waals surface area contributed by atoms with Crippen molar-refractivity contribution in [3.63, 3.8) is 0 Å². The standard InChI is InChI=1S/C23H17Br2ClO3/c1-28-22-10-3-15(2-9-21(27)16-4-6-18(24)7-5-16)12-17(22)14-29-23-11-8-19(25)13-20(23)26/h2-13H,14H2,1H3/b9-2+. The Balaban J connectivity index is 1.75. The van der Waals surface area contributed by atoms with Crippen LogP contribution in [0.2, 0.25) is 5.02 Å². The first-order chi connectivity index (χ1) is 14.0. The van der Waals surface area contributed by atoms with Gasteiger partial charge in [-0.2, -0.15) is 0 Å². The number of benzene rings is 3. The Morgan fingerprint density at radius 2 is 1.66 bits per heavy atom. The Bertz CT molecular complexity index is 1050. The Hall–Kier alpha value is -2.08. The van der Waals surface area contributed by atoms with Crippen molar-refractivity contribution in [2.24, 2.45) is 0 Å². The first kappa shape index (κ1) is 21.6. The van der Waals surface area contributed by atoms with E-state index in [9.17, 15) is 4.79 Å². The lowest BCUT2D eigenvalue weighted by Crippen LogP contribution is -2.00. The zero-order chi connectivity index (χ0) is 20.8. The molecule has 0 bridgehead atoms. The third-order valence-corrected chi connectivity index (χ3v) is 5.45. The van der Waals surface area contributed by atoms with Gasteiger partial charge in [-0.15, -0.1) is 0 Å². The minimum atomic E-state index is -0.0623. The number of methoxy groups -OCH3 is 1. The second-order valence-corrected chi connectivity index (χ2v) is 8.38. The van der Waals surface area contributed by atoms with Crippen LogP contribution in [0.15, 0.2) is 75.7 Å². The van der Waals surface area contributed by atoms with Crippen LogP contribution in [0.5, 0.6) is 11.5 Å². The van der Waals surface area contributed by atoms with Crippen molar-refractivity contribution in [1.82, 2.24) is 0 Å². The van der Waals surface area contributed by atoms with Gasteiger partial charge in [0.05, 0.1) is 12.1 Å². The molecule has 6 heteroatoms. The van der Waals surface area contributed by atoms with E-state index in [2.05, 4.69) is 31.9 Å². The molecule has 148 valence electrons. The fourth-order valence-corrected chi connectivity index (χ4v) is 3.64. The molecule has 0 aliphatic heterocycles. The van der Waals surface area contributed by atoms with Crippen LogP contribution >= 0.6 is 43.5 Å². The molecule has 0 N–H and O–H groups in total. The van der Waals surface area contributed by atoms with Crippen molar-refractivity contribution in [2.75, 3.05) is 7.11 Å². The largest absolute Gasteiger partial charge is 0.496 e. The van der Waals surface area contributed by atoms with Gasteiger partial charge in [-0.3, -0.25) is 4.79 Å². The summed E-state index contributed by atoms with van der Waals surface area (Å²) in [5.41, 5.74) is 2.35. The van der Waals surface area contributed by atoms with Crippen LogP contribution < -0.4 is 9.47 Å². The van der Waals surface area contributed by atoms with Crippen LogP contribution in [0.1, 0.15) is 21.5 Å². The first-order valence-electron chi connectivity index (χ1n) is 8.69. The molecule has 0 aromatic heterocycles. The van der Waals surface area contributed by atoms with Gasteiger partial charge in [-0.1, -0.05) is 55.6 Å². The van der Waals surface area contributed by atoms with Crippen molar-refractivity contribution >= 4 is 55.3 Å². The van der Waals surface area contributed by atoms with Crippen molar-refractivity contribution in [2.45, 2.75) is 6.61 Å². The van der Waals surface area contributed by atoms with Crippen LogP contribution in [0.3, 0.4) is 0 Å². The number of ether oxygens (including phenoxy) is 2. The highest BCUT2D eigenvalue weighted by molar-refractivity contribution is 9.10. The Labute approximate surface area is 191 Å². The van der Waals surface area contributed by atoms with Crippen molar-refractivity contribution in [3.05, 3.63) is 97.4 Å². The van der Waals surface area contributed by atoms with Crippen molar-refractivity contribution in [3.8, 4) is 11.5 Å². The minimum Gasteiger partial charge on any atom is -0.496 e. The van der Waals surface area contributed by atoms with Gasteiger partial charge in [-0.25, -0.2) is 0 Å². The van der Waals surface area contributed by atoms with Gasteiger partial charge in [0.25, 0.3) is 0 Å². The SMILES string of the molecule is COc1ccc(/C=C/C(=O)c2ccc(Br)cc2)cc1COc1ccc(Br)cc1Cl. The summed E-state index contributed by atoms with van der Waals surface area (Å²) >= 11 is 13.0. The monoisotopic (exact) mass is 534 g/mol. The summed E-state index contributed by atoms with van der Waals surface area (Å²) in [6.07, 6.45) is 3.33. The lowest BCUT2D eigenvalue weighted by molar-refractivity contribution is 0.104. The average Bonchev–Trinajstić information content (AvgIpc) is 2.72. The fourth-order valence-electron chi connectivity index (χ4n) is 2.65. The van der Waals surface area contributed by atoms with Crippen LogP contribution in [-0.4, -0.2) is 12.9 Å². The van der Waals surface area contributed by atoms with E-state index in [1.165, 1.54) is 0 Å². The number of carbonyl (C=O) groups is 1. The fraction of sp³-hybridized carbons (Fsp3) is 0.0870. The molecule has 3 nitrogen and oxygen atoms in total.